The minimum atomic E-state index is -0.934. The first kappa shape index (κ1) is 11.7. The number of aryl methyl sites for hydroxylation is 2. The summed E-state index contributed by atoms with van der Waals surface area (Å²) in [7, 11) is 0. The van der Waals surface area contributed by atoms with Crippen LogP contribution in [0.2, 0.25) is 0 Å². The van der Waals surface area contributed by atoms with E-state index in [0.29, 0.717) is 10.7 Å². The number of aromatic nitrogens is 2. The van der Waals surface area contributed by atoms with E-state index in [1.165, 1.54) is 0 Å². The Hall–Kier alpha value is -1.75. The first-order valence-corrected chi connectivity index (χ1v) is 6.09. The summed E-state index contributed by atoms with van der Waals surface area (Å²) in [5.74, 6) is -0.934. The Morgan fingerprint density at radius 2 is 2.24 bits per heavy atom. The predicted octanol–water partition coefficient (Wildman–Crippen LogP) is 2.77. The van der Waals surface area contributed by atoms with Crippen molar-refractivity contribution in [1.82, 2.24) is 9.97 Å². The molecule has 0 bridgehead atoms. The molecular weight excluding hydrogens is 236 g/mol. The highest BCUT2D eigenvalue weighted by molar-refractivity contribution is 7.17. The van der Waals surface area contributed by atoms with E-state index < -0.39 is 5.97 Å². The number of pyridine rings is 1. The smallest absolute Gasteiger partial charge is 0.347 e. The zero-order chi connectivity index (χ0) is 12.4. The molecule has 0 spiro atoms. The third kappa shape index (κ3) is 2.34. The molecule has 2 aromatic rings. The normalized spacial score (nSPS) is 10.5. The fraction of sp³-hybridized carbons (Fsp3) is 0.250. The maximum atomic E-state index is 10.9. The van der Waals surface area contributed by atoms with E-state index in [4.69, 9.17) is 5.11 Å². The number of carboxylic acids is 1. The summed E-state index contributed by atoms with van der Waals surface area (Å²) < 4.78 is 0. The number of carbonyl (C=O) groups is 1. The van der Waals surface area contributed by atoms with E-state index in [0.717, 1.165) is 29.0 Å². The van der Waals surface area contributed by atoms with Crippen molar-refractivity contribution in [3.8, 4) is 10.7 Å². The average molecular weight is 248 g/mol. The summed E-state index contributed by atoms with van der Waals surface area (Å²) in [5.41, 5.74) is 2.42. The minimum absolute atomic E-state index is 0.279. The van der Waals surface area contributed by atoms with Crippen LogP contribution in [0.3, 0.4) is 0 Å². The standard InChI is InChI=1S/C12H12N2O2S/c1-3-8-4-5-9(13-6-8)11-14-7(2)10(17-11)12(15)16/h4-6H,3H2,1-2H3,(H,15,16). The van der Waals surface area contributed by atoms with Crippen LogP contribution < -0.4 is 0 Å². The average Bonchev–Trinajstić information content (AvgIpc) is 2.71. The lowest BCUT2D eigenvalue weighted by atomic mass is 10.2. The van der Waals surface area contributed by atoms with Gasteiger partial charge >= 0.3 is 5.97 Å². The Morgan fingerprint density at radius 1 is 1.47 bits per heavy atom. The first-order chi connectivity index (χ1) is 8.11. The first-order valence-electron chi connectivity index (χ1n) is 5.28. The maximum Gasteiger partial charge on any atom is 0.347 e. The summed E-state index contributed by atoms with van der Waals surface area (Å²) in [5, 5.41) is 9.61. The van der Waals surface area contributed by atoms with Gasteiger partial charge in [0.25, 0.3) is 0 Å². The molecule has 5 heteroatoms. The predicted molar refractivity (Wildman–Crippen MR) is 66.4 cm³/mol. The fourth-order valence-corrected chi connectivity index (χ4v) is 2.35. The SMILES string of the molecule is CCc1ccc(-c2nc(C)c(C(=O)O)s2)nc1. The van der Waals surface area contributed by atoms with Crippen LogP contribution >= 0.6 is 11.3 Å². The van der Waals surface area contributed by atoms with E-state index in [1.54, 1.807) is 13.1 Å². The Bertz CT molecular complexity index is 546. The van der Waals surface area contributed by atoms with Crippen LogP contribution in [0.5, 0.6) is 0 Å². The zero-order valence-electron chi connectivity index (χ0n) is 9.60. The number of thiazole rings is 1. The molecule has 0 aromatic carbocycles. The molecule has 1 N–H and O–H groups in total. The Kier molecular flexibility index (Phi) is 3.19. The highest BCUT2D eigenvalue weighted by Gasteiger charge is 2.15. The van der Waals surface area contributed by atoms with Gasteiger partial charge in [-0.05, 0) is 25.0 Å². The van der Waals surface area contributed by atoms with Crippen molar-refractivity contribution < 1.29 is 9.90 Å². The summed E-state index contributed by atoms with van der Waals surface area (Å²) in [6.45, 7) is 3.76. The van der Waals surface area contributed by atoms with Gasteiger partial charge < -0.3 is 5.11 Å². The second-order valence-corrected chi connectivity index (χ2v) is 4.64. The van der Waals surface area contributed by atoms with E-state index in [1.807, 2.05) is 12.1 Å². The molecule has 0 unspecified atom stereocenters. The number of nitrogens with zero attached hydrogens (tertiary/aromatic N) is 2. The van der Waals surface area contributed by atoms with Gasteiger partial charge in [0.05, 0.1) is 11.4 Å². The van der Waals surface area contributed by atoms with Crippen molar-refractivity contribution in [2.45, 2.75) is 20.3 Å². The molecule has 17 heavy (non-hydrogen) atoms. The molecule has 2 rings (SSSR count). The zero-order valence-corrected chi connectivity index (χ0v) is 10.4. The maximum absolute atomic E-state index is 10.9. The van der Waals surface area contributed by atoms with Gasteiger partial charge in [0.15, 0.2) is 0 Å². The molecule has 0 aliphatic rings. The van der Waals surface area contributed by atoms with Gasteiger partial charge in [-0.25, -0.2) is 9.78 Å². The van der Waals surface area contributed by atoms with Crippen molar-refractivity contribution in [3.05, 3.63) is 34.5 Å². The second kappa shape index (κ2) is 4.63. The molecule has 0 saturated carbocycles. The topological polar surface area (TPSA) is 63.1 Å². The Morgan fingerprint density at radius 3 is 2.71 bits per heavy atom. The molecule has 0 saturated heterocycles. The molecule has 0 radical (unpaired) electrons. The number of rotatable bonds is 3. The van der Waals surface area contributed by atoms with Crippen LogP contribution in [-0.4, -0.2) is 21.0 Å². The van der Waals surface area contributed by atoms with Gasteiger partial charge in [0, 0.05) is 6.20 Å². The van der Waals surface area contributed by atoms with E-state index in [-0.39, 0.29) is 4.88 Å². The summed E-state index contributed by atoms with van der Waals surface area (Å²) in [6.07, 6.45) is 2.73. The lowest BCUT2D eigenvalue weighted by molar-refractivity contribution is 0.0701. The van der Waals surface area contributed by atoms with E-state index in [9.17, 15) is 4.79 Å². The van der Waals surface area contributed by atoms with Crippen molar-refractivity contribution in [2.75, 3.05) is 0 Å². The Labute approximate surface area is 103 Å². The lowest BCUT2D eigenvalue weighted by Crippen LogP contribution is -1.94. The van der Waals surface area contributed by atoms with Crippen LogP contribution in [0.15, 0.2) is 18.3 Å². The van der Waals surface area contributed by atoms with Crippen LogP contribution in [-0.2, 0) is 6.42 Å². The molecule has 0 fully saturated rings. The molecule has 4 nitrogen and oxygen atoms in total. The number of carboxylic acid groups (broad SMARTS) is 1. The Balaban J connectivity index is 2.39. The van der Waals surface area contributed by atoms with Crippen LogP contribution in [0.1, 0.15) is 27.9 Å². The lowest BCUT2D eigenvalue weighted by Gasteiger charge is -1.97. The van der Waals surface area contributed by atoms with Gasteiger partial charge in [-0.3, -0.25) is 4.98 Å². The largest absolute Gasteiger partial charge is 0.477 e. The van der Waals surface area contributed by atoms with Crippen LogP contribution in [0.25, 0.3) is 10.7 Å². The monoisotopic (exact) mass is 248 g/mol. The molecule has 88 valence electrons. The molecule has 0 aliphatic carbocycles. The minimum Gasteiger partial charge on any atom is -0.477 e. The van der Waals surface area contributed by atoms with Crippen molar-refractivity contribution in [1.29, 1.82) is 0 Å². The summed E-state index contributed by atoms with van der Waals surface area (Å²) in [4.78, 5) is 19.7. The fourth-order valence-electron chi connectivity index (χ4n) is 1.46. The number of hydrogen-bond donors (Lipinski definition) is 1. The van der Waals surface area contributed by atoms with Gasteiger partial charge in [0.2, 0.25) is 0 Å². The molecule has 0 amide bonds. The quantitative estimate of drug-likeness (QED) is 0.907. The van der Waals surface area contributed by atoms with Gasteiger partial charge in [-0.1, -0.05) is 13.0 Å². The van der Waals surface area contributed by atoms with Crippen LogP contribution in [0, 0.1) is 6.92 Å². The van der Waals surface area contributed by atoms with Gasteiger partial charge in [0.1, 0.15) is 9.88 Å². The third-order valence-electron chi connectivity index (χ3n) is 2.44. The van der Waals surface area contributed by atoms with Crippen molar-refractivity contribution >= 4 is 17.3 Å². The summed E-state index contributed by atoms with van der Waals surface area (Å²) in [6, 6.07) is 3.86. The summed E-state index contributed by atoms with van der Waals surface area (Å²) >= 11 is 1.16. The second-order valence-electron chi connectivity index (χ2n) is 3.64. The van der Waals surface area contributed by atoms with Crippen LogP contribution in [0.4, 0.5) is 0 Å². The molecule has 0 atom stereocenters. The van der Waals surface area contributed by atoms with Gasteiger partial charge in [-0.15, -0.1) is 11.3 Å². The highest BCUT2D eigenvalue weighted by Crippen LogP contribution is 2.26. The number of aromatic carboxylic acids is 1. The molecular formula is C12H12N2O2S. The molecule has 0 aliphatic heterocycles. The molecule has 2 heterocycles. The van der Waals surface area contributed by atoms with Crippen molar-refractivity contribution in [2.24, 2.45) is 0 Å². The van der Waals surface area contributed by atoms with Gasteiger partial charge in [-0.2, -0.15) is 0 Å². The van der Waals surface area contributed by atoms with Crippen molar-refractivity contribution in [3.63, 3.8) is 0 Å². The molecule has 2 aromatic heterocycles. The third-order valence-corrected chi connectivity index (χ3v) is 3.61. The van der Waals surface area contributed by atoms with E-state index in [2.05, 4.69) is 16.9 Å². The highest BCUT2D eigenvalue weighted by atomic mass is 32.1. The number of hydrogen-bond acceptors (Lipinski definition) is 4. The van der Waals surface area contributed by atoms with E-state index >= 15 is 0 Å².